The van der Waals surface area contributed by atoms with Crippen LogP contribution in [0.1, 0.15) is 40.0 Å². The van der Waals surface area contributed by atoms with Crippen LogP contribution < -0.4 is 0 Å². The van der Waals surface area contributed by atoms with E-state index < -0.39 is 0 Å². The SMILES string of the molecule is CC1(C)CC2C3(C)CCC1C23I. The third kappa shape index (κ3) is 0.556. The normalized spacial score (nSPS) is 65.0. The van der Waals surface area contributed by atoms with Crippen LogP contribution in [0.5, 0.6) is 0 Å². The molecule has 12 heavy (non-hydrogen) atoms. The Bertz CT molecular complexity index is 258. The quantitative estimate of drug-likeness (QED) is 0.468. The molecule has 0 saturated heterocycles. The molecule has 0 bridgehead atoms. The second-order valence-electron chi connectivity index (χ2n) is 6.02. The molecular weight excluding hydrogens is 259 g/mol. The van der Waals surface area contributed by atoms with Crippen molar-refractivity contribution >= 4 is 22.6 Å². The third-order valence-corrected chi connectivity index (χ3v) is 7.94. The van der Waals surface area contributed by atoms with Gasteiger partial charge in [-0.15, -0.1) is 0 Å². The number of fused-ring (bicyclic) bond motifs is 1. The van der Waals surface area contributed by atoms with Crippen LogP contribution in [0.15, 0.2) is 0 Å². The molecule has 68 valence electrons. The number of hydrogen-bond donors (Lipinski definition) is 0. The highest BCUT2D eigenvalue weighted by Gasteiger charge is 2.83. The van der Waals surface area contributed by atoms with Crippen molar-refractivity contribution in [2.45, 2.75) is 43.5 Å². The van der Waals surface area contributed by atoms with Gasteiger partial charge in [-0.25, -0.2) is 0 Å². The van der Waals surface area contributed by atoms with Crippen LogP contribution in [0.4, 0.5) is 0 Å². The monoisotopic (exact) mass is 276 g/mol. The van der Waals surface area contributed by atoms with E-state index in [0.717, 1.165) is 20.7 Å². The highest BCUT2D eigenvalue weighted by molar-refractivity contribution is 14.1. The van der Waals surface area contributed by atoms with Crippen LogP contribution in [0.3, 0.4) is 0 Å². The summed E-state index contributed by atoms with van der Waals surface area (Å²) >= 11 is 2.80. The lowest BCUT2D eigenvalue weighted by Crippen LogP contribution is -2.25. The van der Waals surface area contributed by atoms with Gasteiger partial charge in [0.1, 0.15) is 0 Å². The Morgan fingerprint density at radius 3 is 2.33 bits per heavy atom. The summed E-state index contributed by atoms with van der Waals surface area (Å²) in [5.41, 5.74) is 1.41. The molecule has 0 radical (unpaired) electrons. The predicted molar refractivity (Wildman–Crippen MR) is 59.5 cm³/mol. The van der Waals surface area contributed by atoms with Gasteiger partial charge in [0.2, 0.25) is 0 Å². The fraction of sp³-hybridized carbons (Fsp3) is 1.00. The van der Waals surface area contributed by atoms with Gasteiger partial charge < -0.3 is 0 Å². The Balaban J connectivity index is 2.08. The Morgan fingerprint density at radius 1 is 1.17 bits per heavy atom. The first-order valence-electron chi connectivity index (χ1n) is 5.12. The van der Waals surface area contributed by atoms with Crippen molar-refractivity contribution in [3.05, 3.63) is 0 Å². The molecule has 0 nitrogen and oxygen atoms in total. The summed E-state index contributed by atoms with van der Waals surface area (Å²) in [7, 11) is 0. The summed E-state index contributed by atoms with van der Waals surface area (Å²) in [4.78, 5) is 0. The van der Waals surface area contributed by atoms with Gasteiger partial charge in [0.05, 0.1) is 0 Å². The molecule has 0 spiro atoms. The van der Waals surface area contributed by atoms with Crippen LogP contribution in [-0.4, -0.2) is 3.42 Å². The lowest BCUT2D eigenvalue weighted by atomic mass is 9.78. The van der Waals surface area contributed by atoms with Crippen molar-refractivity contribution in [2.75, 3.05) is 0 Å². The number of alkyl halides is 1. The second kappa shape index (κ2) is 1.76. The van der Waals surface area contributed by atoms with Crippen molar-refractivity contribution in [1.82, 2.24) is 0 Å². The molecule has 1 heteroatoms. The average Bonchev–Trinajstić information content (AvgIpc) is 2.23. The third-order valence-electron chi connectivity index (χ3n) is 5.20. The molecular formula is C11H17I. The van der Waals surface area contributed by atoms with Crippen LogP contribution in [0, 0.1) is 22.7 Å². The van der Waals surface area contributed by atoms with Crippen molar-refractivity contribution in [3.63, 3.8) is 0 Å². The summed E-state index contributed by atoms with van der Waals surface area (Å²) in [5.74, 6) is 2.10. The molecule has 3 aliphatic rings. The van der Waals surface area contributed by atoms with Crippen LogP contribution in [0.2, 0.25) is 0 Å². The first kappa shape index (κ1) is 8.07. The zero-order chi connectivity index (χ0) is 8.78. The van der Waals surface area contributed by atoms with Crippen molar-refractivity contribution in [3.8, 4) is 0 Å². The van der Waals surface area contributed by atoms with Gasteiger partial charge in [0.15, 0.2) is 0 Å². The van der Waals surface area contributed by atoms with Gasteiger partial charge in [-0.1, -0.05) is 43.4 Å². The van der Waals surface area contributed by atoms with Crippen LogP contribution in [-0.2, 0) is 0 Å². The minimum Gasteiger partial charge on any atom is -0.0776 e. The van der Waals surface area contributed by atoms with Gasteiger partial charge in [0, 0.05) is 3.42 Å². The summed E-state index contributed by atoms with van der Waals surface area (Å²) in [6.07, 6.45) is 4.51. The molecule has 4 unspecified atom stereocenters. The smallest absolute Gasteiger partial charge is 0.0346 e. The van der Waals surface area contributed by atoms with Gasteiger partial charge in [-0.2, -0.15) is 0 Å². The fourth-order valence-corrected chi connectivity index (χ4v) is 6.97. The molecule has 0 aliphatic heterocycles. The summed E-state index contributed by atoms with van der Waals surface area (Å²) in [6.45, 7) is 7.49. The van der Waals surface area contributed by atoms with E-state index in [1.807, 2.05) is 0 Å². The van der Waals surface area contributed by atoms with E-state index in [-0.39, 0.29) is 0 Å². The van der Waals surface area contributed by atoms with E-state index in [9.17, 15) is 0 Å². The Kier molecular flexibility index (Phi) is 1.18. The van der Waals surface area contributed by atoms with E-state index in [4.69, 9.17) is 0 Å². The minimum atomic E-state index is 0.655. The Labute approximate surface area is 88.6 Å². The Morgan fingerprint density at radius 2 is 1.83 bits per heavy atom. The highest BCUT2D eigenvalue weighted by atomic mass is 127. The second-order valence-corrected chi connectivity index (χ2v) is 7.81. The maximum absolute atomic E-state index is 2.80. The molecule has 3 rings (SSSR count). The number of halogens is 1. The molecule has 3 saturated carbocycles. The molecule has 0 aromatic rings. The first-order chi connectivity index (χ1) is 5.43. The molecule has 0 amide bonds. The largest absolute Gasteiger partial charge is 0.0776 e. The lowest BCUT2D eigenvalue weighted by Gasteiger charge is -2.30. The Hall–Kier alpha value is 0.730. The highest BCUT2D eigenvalue weighted by Crippen LogP contribution is 2.86. The molecule has 0 N–H and O–H groups in total. The molecule has 3 aliphatic carbocycles. The van der Waals surface area contributed by atoms with Crippen LogP contribution >= 0.6 is 22.6 Å². The van der Waals surface area contributed by atoms with E-state index in [1.54, 1.807) is 0 Å². The van der Waals surface area contributed by atoms with Crippen molar-refractivity contribution in [1.29, 1.82) is 0 Å². The van der Waals surface area contributed by atoms with Gasteiger partial charge in [-0.3, -0.25) is 0 Å². The van der Waals surface area contributed by atoms with Crippen molar-refractivity contribution < 1.29 is 0 Å². The zero-order valence-electron chi connectivity index (χ0n) is 8.15. The van der Waals surface area contributed by atoms with E-state index in [2.05, 4.69) is 43.4 Å². The molecule has 0 aromatic heterocycles. The maximum Gasteiger partial charge on any atom is 0.0346 e. The number of rotatable bonds is 0. The predicted octanol–water partition coefficient (Wildman–Crippen LogP) is 3.64. The lowest BCUT2D eigenvalue weighted by molar-refractivity contribution is 0.234. The molecule has 0 aromatic carbocycles. The van der Waals surface area contributed by atoms with Crippen LogP contribution in [0.25, 0.3) is 0 Å². The fourth-order valence-electron chi connectivity index (χ4n) is 4.42. The average molecular weight is 276 g/mol. The van der Waals surface area contributed by atoms with E-state index in [0.29, 0.717) is 5.41 Å². The van der Waals surface area contributed by atoms with E-state index in [1.165, 1.54) is 19.3 Å². The number of hydrogen-bond acceptors (Lipinski definition) is 0. The molecule has 3 fully saturated rings. The summed E-state index contributed by atoms with van der Waals surface area (Å²) in [6, 6.07) is 0. The summed E-state index contributed by atoms with van der Waals surface area (Å²) in [5, 5.41) is 0. The van der Waals surface area contributed by atoms with Gasteiger partial charge >= 0.3 is 0 Å². The van der Waals surface area contributed by atoms with Crippen molar-refractivity contribution in [2.24, 2.45) is 22.7 Å². The maximum atomic E-state index is 2.80. The standard InChI is InChI=1S/C11H17I/c1-9(2)6-8-10(3)5-4-7(9)11(8,10)12/h7-8H,4-6H2,1-3H3. The zero-order valence-corrected chi connectivity index (χ0v) is 10.3. The van der Waals surface area contributed by atoms with Gasteiger partial charge in [-0.05, 0) is 41.9 Å². The van der Waals surface area contributed by atoms with Gasteiger partial charge in [0.25, 0.3) is 0 Å². The van der Waals surface area contributed by atoms with E-state index >= 15 is 0 Å². The minimum absolute atomic E-state index is 0.655. The topological polar surface area (TPSA) is 0 Å². The summed E-state index contributed by atoms with van der Waals surface area (Å²) < 4.78 is 0.730. The molecule has 0 heterocycles. The first-order valence-corrected chi connectivity index (χ1v) is 6.20. The molecule has 4 atom stereocenters.